The number of rotatable bonds is 4. The van der Waals surface area contributed by atoms with Crippen molar-refractivity contribution >= 4 is 17.9 Å². The topological polar surface area (TPSA) is 75.9 Å². The van der Waals surface area contributed by atoms with Crippen molar-refractivity contribution in [3.8, 4) is 0 Å². The lowest BCUT2D eigenvalue weighted by molar-refractivity contribution is 0.102. The molecule has 0 aliphatic heterocycles. The van der Waals surface area contributed by atoms with Crippen molar-refractivity contribution < 1.29 is 14.4 Å². The molecular formula is C15H10N2O3. The van der Waals surface area contributed by atoms with Gasteiger partial charge in [0.2, 0.25) is 12.2 Å². The van der Waals surface area contributed by atoms with Crippen LogP contribution in [0.1, 0.15) is 16.8 Å². The molecule has 0 aromatic heterocycles. The molecule has 1 aromatic carbocycles. The molecule has 98 valence electrons. The van der Waals surface area contributed by atoms with Gasteiger partial charge in [-0.15, -0.1) is 0 Å². The molecule has 0 fully saturated rings. The van der Waals surface area contributed by atoms with E-state index in [4.69, 9.17) is 0 Å². The zero-order chi connectivity index (χ0) is 14.4. The van der Waals surface area contributed by atoms with Gasteiger partial charge in [0, 0.05) is 17.6 Å². The Balaban J connectivity index is 2.34. The maximum atomic E-state index is 12.3. The summed E-state index contributed by atoms with van der Waals surface area (Å²) >= 11 is 0. The first-order valence-corrected chi connectivity index (χ1v) is 5.87. The Labute approximate surface area is 115 Å². The lowest BCUT2D eigenvalue weighted by Gasteiger charge is -2.22. The molecule has 2 rings (SSSR count). The van der Waals surface area contributed by atoms with E-state index in [9.17, 15) is 14.4 Å². The molecule has 0 saturated carbocycles. The fourth-order valence-electron chi connectivity index (χ4n) is 1.98. The average Bonchev–Trinajstić information content (AvgIpc) is 2.48. The van der Waals surface area contributed by atoms with E-state index in [0.29, 0.717) is 11.1 Å². The second-order valence-corrected chi connectivity index (χ2v) is 4.21. The Morgan fingerprint density at radius 1 is 1.10 bits per heavy atom. The number of isocyanates is 2. The minimum atomic E-state index is -1.40. The van der Waals surface area contributed by atoms with Crippen molar-refractivity contribution in [3.63, 3.8) is 0 Å². The highest BCUT2D eigenvalue weighted by molar-refractivity contribution is 6.09. The first-order valence-electron chi connectivity index (χ1n) is 5.87. The lowest BCUT2D eigenvalue weighted by Crippen LogP contribution is -2.25. The van der Waals surface area contributed by atoms with Crippen molar-refractivity contribution in [2.24, 2.45) is 9.98 Å². The van der Waals surface area contributed by atoms with E-state index in [-0.39, 0.29) is 12.2 Å². The van der Waals surface area contributed by atoms with Gasteiger partial charge in [-0.3, -0.25) is 4.79 Å². The van der Waals surface area contributed by atoms with Crippen molar-refractivity contribution in [3.05, 3.63) is 59.7 Å². The molecule has 5 nitrogen and oxygen atoms in total. The second kappa shape index (κ2) is 5.85. The molecule has 1 aliphatic carbocycles. The third kappa shape index (κ3) is 2.75. The van der Waals surface area contributed by atoms with E-state index in [0.717, 1.165) is 0 Å². The Kier molecular flexibility index (Phi) is 3.96. The van der Waals surface area contributed by atoms with Gasteiger partial charge in [-0.1, -0.05) is 42.5 Å². The van der Waals surface area contributed by atoms with Crippen LogP contribution in [0.15, 0.2) is 64.1 Å². The number of benzene rings is 1. The van der Waals surface area contributed by atoms with E-state index in [2.05, 4.69) is 9.98 Å². The molecule has 0 N–H and O–H groups in total. The summed E-state index contributed by atoms with van der Waals surface area (Å²) in [5.41, 5.74) is -0.470. The number of carbonyl (C=O) groups is 1. The third-order valence-corrected chi connectivity index (χ3v) is 2.92. The van der Waals surface area contributed by atoms with E-state index >= 15 is 0 Å². The van der Waals surface area contributed by atoms with Gasteiger partial charge in [-0.25, -0.2) is 9.59 Å². The van der Waals surface area contributed by atoms with Gasteiger partial charge in [-0.2, -0.15) is 9.98 Å². The van der Waals surface area contributed by atoms with Crippen LogP contribution in [0.5, 0.6) is 0 Å². The molecule has 0 bridgehead atoms. The van der Waals surface area contributed by atoms with Crippen LogP contribution < -0.4 is 0 Å². The third-order valence-electron chi connectivity index (χ3n) is 2.92. The van der Waals surface area contributed by atoms with Crippen LogP contribution in [-0.4, -0.2) is 23.6 Å². The molecule has 1 aliphatic rings. The molecule has 0 spiro atoms. The summed E-state index contributed by atoms with van der Waals surface area (Å²) in [6.07, 6.45) is 7.40. The number of aliphatic imine (C=N–C) groups is 2. The first kappa shape index (κ1) is 13.6. The summed E-state index contributed by atoms with van der Waals surface area (Å²) in [4.78, 5) is 40.3. The number of allylic oxidation sites excluding steroid dienone is 2. The predicted molar refractivity (Wildman–Crippen MR) is 71.6 cm³/mol. The van der Waals surface area contributed by atoms with Crippen molar-refractivity contribution in [1.82, 2.24) is 0 Å². The Morgan fingerprint density at radius 3 is 2.35 bits per heavy atom. The molecule has 0 saturated heterocycles. The van der Waals surface area contributed by atoms with Gasteiger partial charge in [0.25, 0.3) is 0 Å². The highest BCUT2D eigenvalue weighted by Crippen LogP contribution is 2.29. The Hall–Kier alpha value is -2.87. The maximum absolute atomic E-state index is 12.3. The fraction of sp³-hybridized carbons (Fsp3) is 0.133. The van der Waals surface area contributed by atoms with Crippen molar-refractivity contribution in [1.29, 1.82) is 0 Å². The summed E-state index contributed by atoms with van der Waals surface area (Å²) in [7, 11) is 0. The molecular weight excluding hydrogens is 256 g/mol. The highest BCUT2D eigenvalue weighted by atomic mass is 16.1. The number of hydrogen-bond donors (Lipinski definition) is 0. The summed E-state index contributed by atoms with van der Waals surface area (Å²) in [5.74, 6) is -0.193. The SMILES string of the molecule is O=C=NC1(N=C=O)C=CC=C(C(=O)c2ccccc2)C1. The molecule has 1 aromatic rings. The van der Waals surface area contributed by atoms with Gasteiger partial charge in [0.15, 0.2) is 11.4 Å². The summed E-state index contributed by atoms with van der Waals surface area (Å²) in [6, 6.07) is 8.70. The molecule has 0 radical (unpaired) electrons. The summed E-state index contributed by atoms with van der Waals surface area (Å²) in [5, 5.41) is 0. The van der Waals surface area contributed by atoms with E-state index < -0.39 is 5.66 Å². The predicted octanol–water partition coefficient (Wildman–Crippen LogP) is 2.12. The van der Waals surface area contributed by atoms with Crippen molar-refractivity contribution in [2.45, 2.75) is 12.1 Å². The normalized spacial score (nSPS) is 20.3. The number of ketones is 1. The van der Waals surface area contributed by atoms with Crippen LogP contribution in [0.25, 0.3) is 0 Å². The molecule has 0 atom stereocenters. The van der Waals surface area contributed by atoms with Crippen LogP contribution in [0.4, 0.5) is 0 Å². The summed E-state index contributed by atoms with van der Waals surface area (Å²) in [6.45, 7) is 0. The fourth-order valence-corrected chi connectivity index (χ4v) is 1.98. The van der Waals surface area contributed by atoms with Gasteiger partial charge >= 0.3 is 0 Å². The van der Waals surface area contributed by atoms with Crippen LogP contribution in [0.3, 0.4) is 0 Å². The smallest absolute Gasteiger partial charge is 0.237 e. The van der Waals surface area contributed by atoms with Gasteiger partial charge in [-0.05, 0) is 6.08 Å². The molecule has 5 heteroatoms. The largest absolute Gasteiger partial charge is 0.289 e. The number of Topliss-reactive ketones (excluding diaryl/α,β-unsaturated/α-hetero) is 1. The lowest BCUT2D eigenvalue weighted by atomic mass is 9.90. The standard InChI is InChI=1S/C15H10N2O3/c18-10-16-15(17-11-19)8-4-7-13(9-15)14(20)12-5-2-1-3-6-12/h1-8H,9H2. The number of nitrogens with zero attached hydrogens (tertiary/aromatic N) is 2. The van der Waals surface area contributed by atoms with Crippen LogP contribution in [-0.2, 0) is 9.59 Å². The minimum absolute atomic E-state index is 0.0295. The zero-order valence-electron chi connectivity index (χ0n) is 10.4. The number of hydrogen-bond acceptors (Lipinski definition) is 5. The molecule has 0 amide bonds. The maximum Gasteiger partial charge on any atom is 0.237 e. The van der Waals surface area contributed by atoms with Crippen LogP contribution in [0.2, 0.25) is 0 Å². The monoisotopic (exact) mass is 266 g/mol. The first-order chi connectivity index (χ1) is 9.71. The quantitative estimate of drug-likeness (QED) is 0.476. The Bertz CT molecular complexity index is 658. The molecule has 0 unspecified atom stereocenters. The minimum Gasteiger partial charge on any atom is -0.289 e. The highest BCUT2D eigenvalue weighted by Gasteiger charge is 2.32. The van der Waals surface area contributed by atoms with Crippen LogP contribution in [0, 0.1) is 0 Å². The van der Waals surface area contributed by atoms with E-state index in [1.165, 1.54) is 18.2 Å². The van der Waals surface area contributed by atoms with Gasteiger partial charge in [0.1, 0.15) is 0 Å². The van der Waals surface area contributed by atoms with Crippen LogP contribution >= 0.6 is 0 Å². The Morgan fingerprint density at radius 2 is 1.75 bits per heavy atom. The molecule has 0 heterocycles. The van der Waals surface area contributed by atoms with Gasteiger partial charge in [0.05, 0.1) is 0 Å². The summed E-state index contributed by atoms with van der Waals surface area (Å²) < 4.78 is 0. The molecule has 20 heavy (non-hydrogen) atoms. The number of carbonyl (C=O) groups excluding carboxylic acids is 3. The van der Waals surface area contributed by atoms with E-state index in [1.54, 1.807) is 36.4 Å². The zero-order valence-corrected chi connectivity index (χ0v) is 10.4. The second-order valence-electron chi connectivity index (χ2n) is 4.21. The van der Waals surface area contributed by atoms with Gasteiger partial charge < -0.3 is 0 Å². The van der Waals surface area contributed by atoms with E-state index in [1.807, 2.05) is 6.07 Å². The average molecular weight is 266 g/mol. The van der Waals surface area contributed by atoms with Crippen molar-refractivity contribution in [2.75, 3.05) is 0 Å².